The Morgan fingerprint density at radius 1 is 1.59 bits per heavy atom. The molecule has 92 valence electrons. The van der Waals surface area contributed by atoms with Gasteiger partial charge in [-0.15, -0.1) is 0 Å². The van der Waals surface area contributed by atoms with Crippen LogP contribution in [0, 0.1) is 0 Å². The fourth-order valence-corrected chi connectivity index (χ4v) is 2.07. The summed E-state index contributed by atoms with van der Waals surface area (Å²) < 4.78 is 16.9. The van der Waals surface area contributed by atoms with E-state index in [9.17, 15) is 4.79 Å². The number of hydrogen-bond acceptors (Lipinski definition) is 5. The Bertz CT molecular complexity index is 438. The van der Waals surface area contributed by atoms with Gasteiger partial charge in [0.25, 0.3) is 0 Å². The lowest BCUT2D eigenvalue weighted by molar-refractivity contribution is -0.146. The summed E-state index contributed by atoms with van der Waals surface area (Å²) in [5.74, 6) is 0.0918. The number of carbonyl (C=O) groups excluding carboxylic acids is 1. The molecule has 0 amide bonds. The molecule has 0 fully saturated rings. The number of furan rings is 1. The van der Waals surface area contributed by atoms with Gasteiger partial charge in [-0.05, 0) is 44.8 Å². The second-order valence-electron chi connectivity index (χ2n) is 3.28. The van der Waals surface area contributed by atoms with E-state index in [4.69, 9.17) is 13.9 Å². The first-order valence-corrected chi connectivity index (χ1v) is 6.50. The molecule has 0 bridgehead atoms. The predicted octanol–water partition coefficient (Wildman–Crippen LogP) is 2.84. The van der Waals surface area contributed by atoms with Gasteiger partial charge in [-0.3, -0.25) is 0 Å². The Morgan fingerprint density at radius 2 is 2.35 bits per heavy atom. The van der Waals surface area contributed by atoms with E-state index in [0.29, 0.717) is 17.0 Å². The van der Waals surface area contributed by atoms with E-state index in [1.807, 2.05) is 0 Å². The summed E-state index contributed by atoms with van der Waals surface area (Å²) in [6.07, 6.45) is 0.674. The summed E-state index contributed by atoms with van der Waals surface area (Å²) in [5.41, 5.74) is 0. The summed E-state index contributed by atoms with van der Waals surface area (Å²) in [5, 5.41) is 0. The first-order valence-electron chi connectivity index (χ1n) is 4.92. The Kier molecular flexibility index (Phi) is 3.88. The third kappa shape index (κ3) is 2.55. The van der Waals surface area contributed by atoms with Gasteiger partial charge in [-0.25, -0.2) is 9.79 Å². The second-order valence-corrected chi connectivity index (χ2v) is 4.85. The van der Waals surface area contributed by atoms with Crippen LogP contribution in [0.2, 0.25) is 0 Å². The van der Waals surface area contributed by atoms with Crippen LogP contribution in [0.5, 0.6) is 0 Å². The normalized spacial score (nSPS) is 22.5. The van der Waals surface area contributed by atoms with Crippen LogP contribution in [-0.2, 0) is 14.3 Å². The van der Waals surface area contributed by atoms with Crippen molar-refractivity contribution in [2.75, 3.05) is 6.61 Å². The van der Waals surface area contributed by atoms with E-state index < -0.39 is 18.1 Å². The molecule has 17 heavy (non-hydrogen) atoms. The van der Waals surface area contributed by atoms with Gasteiger partial charge in [0, 0.05) is 0 Å². The van der Waals surface area contributed by atoms with E-state index in [1.54, 1.807) is 13.0 Å². The highest BCUT2D eigenvalue weighted by Crippen LogP contribution is 2.35. The summed E-state index contributed by atoms with van der Waals surface area (Å²) in [6.45, 7) is 2.05. The molecule has 0 radical (unpaired) electrons. The number of esters is 1. The van der Waals surface area contributed by atoms with Crippen molar-refractivity contribution in [2.45, 2.75) is 19.1 Å². The molecule has 1 aromatic heterocycles. The summed E-state index contributed by atoms with van der Waals surface area (Å²) in [6, 6.07) is 1.02. The van der Waals surface area contributed by atoms with Crippen molar-refractivity contribution in [3.05, 3.63) is 21.0 Å². The molecule has 5 nitrogen and oxygen atoms in total. The maximum absolute atomic E-state index is 11.6. The van der Waals surface area contributed by atoms with E-state index in [2.05, 4.69) is 36.9 Å². The van der Waals surface area contributed by atoms with E-state index in [1.165, 1.54) is 6.40 Å². The highest BCUT2D eigenvalue weighted by Gasteiger charge is 2.37. The van der Waals surface area contributed by atoms with Crippen LogP contribution in [-0.4, -0.2) is 25.0 Å². The minimum absolute atomic E-state index is 0.309. The molecule has 1 aromatic rings. The fourth-order valence-electron chi connectivity index (χ4n) is 1.46. The third-order valence-corrected chi connectivity index (χ3v) is 3.90. The Labute approximate surface area is 114 Å². The molecule has 7 heteroatoms. The van der Waals surface area contributed by atoms with Crippen LogP contribution >= 0.6 is 31.9 Å². The Morgan fingerprint density at radius 3 is 2.94 bits per heavy atom. The molecule has 1 aliphatic heterocycles. The van der Waals surface area contributed by atoms with Crippen molar-refractivity contribution in [3.8, 4) is 0 Å². The van der Waals surface area contributed by atoms with Crippen molar-refractivity contribution in [2.24, 2.45) is 4.99 Å². The van der Waals surface area contributed by atoms with Crippen LogP contribution in [0.25, 0.3) is 0 Å². The zero-order chi connectivity index (χ0) is 12.4. The highest BCUT2D eigenvalue weighted by molar-refractivity contribution is 9.13. The van der Waals surface area contributed by atoms with Gasteiger partial charge in [-0.2, -0.15) is 0 Å². The third-order valence-electron chi connectivity index (χ3n) is 2.19. The molecule has 0 spiro atoms. The number of nitrogens with zero attached hydrogens (tertiary/aromatic N) is 1. The molecule has 0 aromatic carbocycles. The average Bonchev–Trinajstić information content (AvgIpc) is 2.87. The summed E-state index contributed by atoms with van der Waals surface area (Å²) in [4.78, 5) is 15.6. The van der Waals surface area contributed by atoms with Gasteiger partial charge in [0.1, 0.15) is 5.76 Å². The smallest absolute Gasteiger partial charge is 0.335 e. The maximum atomic E-state index is 11.6. The zero-order valence-electron chi connectivity index (χ0n) is 8.85. The first-order chi connectivity index (χ1) is 8.13. The summed E-state index contributed by atoms with van der Waals surface area (Å²) >= 11 is 6.52. The van der Waals surface area contributed by atoms with Gasteiger partial charge in [0.05, 0.1) is 11.1 Å². The Hall–Kier alpha value is -0.820. The van der Waals surface area contributed by atoms with Crippen molar-refractivity contribution >= 4 is 44.2 Å². The van der Waals surface area contributed by atoms with Crippen molar-refractivity contribution < 1.29 is 18.7 Å². The van der Waals surface area contributed by atoms with E-state index >= 15 is 0 Å². The number of ether oxygens (including phenoxy) is 2. The van der Waals surface area contributed by atoms with E-state index in [-0.39, 0.29) is 0 Å². The second kappa shape index (κ2) is 5.22. The zero-order valence-corrected chi connectivity index (χ0v) is 12.0. The number of carbonyl (C=O) groups is 1. The molecule has 0 aliphatic carbocycles. The molecule has 2 atom stereocenters. The van der Waals surface area contributed by atoms with Crippen LogP contribution in [0.3, 0.4) is 0 Å². The minimum atomic E-state index is -0.708. The van der Waals surface area contributed by atoms with Crippen LogP contribution in [0.1, 0.15) is 18.8 Å². The topological polar surface area (TPSA) is 61.0 Å². The van der Waals surface area contributed by atoms with Crippen molar-refractivity contribution in [1.82, 2.24) is 0 Å². The van der Waals surface area contributed by atoms with Crippen LogP contribution in [0.4, 0.5) is 0 Å². The SMILES string of the molecule is CCOC(=O)C1N=COC1c1cc(Br)c(Br)o1. The molecule has 2 rings (SSSR count). The Balaban J connectivity index is 2.18. The lowest BCUT2D eigenvalue weighted by atomic mass is 10.1. The summed E-state index contributed by atoms with van der Waals surface area (Å²) in [7, 11) is 0. The molecule has 1 aliphatic rings. The van der Waals surface area contributed by atoms with Gasteiger partial charge < -0.3 is 13.9 Å². The predicted molar refractivity (Wildman–Crippen MR) is 66.8 cm³/mol. The van der Waals surface area contributed by atoms with E-state index in [0.717, 1.165) is 4.47 Å². The van der Waals surface area contributed by atoms with Crippen LogP contribution < -0.4 is 0 Å². The first kappa shape index (κ1) is 12.6. The average molecular weight is 367 g/mol. The number of halogens is 2. The highest BCUT2D eigenvalue weighted by atomic mass is 79.9. The van der Waals surface area contributed by atoms with Gasteiger partial charge in [-0.1, -0.05) is 0 Å². The standard InChI is InChI=1S/C10H9Br2NO4/c1-2-15-10(14)7-8(16-4-13-7)6-3-5(11)9(12)17-6/h3-4,7-8H,2H2,1H3. The molecule has 0 N–H and O–H groups in total. The van der Waals surface area contributed by atoms with Crippen molar-refractivity contribution in [3.63, 3.8) is 0 Å². The quantitative estimate of drug-likeness (QED) is 0.771. The number of rotatable bonds is 3. The molecule has 0 saturated heterocycles. The molecule has 2 unspecified atom stereocenters. The number of hydrogen-bond donors (Lipinski definition) is 0. The minimum Gasteiger partial charge on any atom is -0.469 e. The lowest BCUT2D eigenvalue weighted by Gasteiger charge is -2.13. The fraction of sp³-hybridized carbons (Fsp3) is 0.400. The molecule has 2 heterocycles. The van der Waals surface area contributed by atoms with Gasteiger partial charge in [0.15, 0.2) is 23.2 Å². The van der Waals surface area contributed by atoms with Gasteiger partial charge >= 0.3 is 5.97 Å². The van der Waals surface area contributed by atoms with Gasteiger partial charge in [0.2, 0.25) is 0 Å². The van der Waals surface area contributed by atoms with Crippen LogP contribution in [0.15, 0.2) is 24.6 Å². The molecule has 0 saturated carbocycles. The largest absolute Gasteiger partial charge is 0.469 e. The molecular weight excluding hydrogens is 358 g/mol. The lowest BCUT2D eigenvalue weighted by Crippen LogP contribution is -2.26. The van der Waals surface area contributed by atoms with Crippen molar-refractivity contribution in [1.29, 1.82) is 0 Å². The monoisotopic (exact) mass is 365 g/mol. The maximum Gasteiger partial charge on any atom is 0.335 e. The number of aliphatic imine (C=N–C) groups is 1. The molecular formula is C10H9Br2NO4.